The van der Waals surface area contributed by atoms with Gasteiger partial charge >= 0.3 is 0 Å². The quantitative estimate of drug-likeness (QED) is 0.590. The summed E-state index contributed by atoms with van der Waals surface area (Å²) in [7, 11) is 0. The fourth-order valence-electron chi connectivity index (χ4n) is 2.88. The van der Waals surface area contributed by atoms with E-state index in [1.54, 1.807) is 0 Å². The minimum atomic E-state index is -0.140. The molecule has 3 nitrogen and oxygen atoms in total. The number of hydrogen-bond acceptors (Lipinski definition) is 2. The van der Waals surface area contributed by atoms with Crippen molar-refractivity contribution in [2.75, 3.05) is 0 Å². The third-order valence-electron chi connectivity index (χ3n) is 4.08. The molecule has 4 aromatic rings. The van der Waals surface area contributed by atoms with Gasteiger partial charge in [-0.25, -0.2) is 4.98 Å². The number of aromatic nitrogens is 2. The van der Waals surface area contributed by atoms with Crippen molar-refractivity contribution in [2.24, 2.45) is 0 Å². The molecule has 0 spiro atoms. The number of H-pyrrole nitrogens is 1. The smallest absolute Gasteiger partial charge is 0.259 e. The van der Waals surface area contributed by atoms with Crippen molar-refractivity contribution in [3.8, 4) is 33.8 Å². The number of aromatic amines is 1. The molecule has 0 radical (unpaired) electrons. The average molecular weight is 324 g/mol. The van der Waals surface area contributed by atoms with E-state index in [9.17, 15) is 4.79 Å². The molecule has 3 aromatic carbocycles. The molecule has 0 aliphatic heterocycles. The molecule has 0 saturated heterocycles. The Labute approximate surface area is 145 Å². The van der Waals surface area contributed by atoms with Crippen LogP contribution in [0.25, 0.3) is 33.8 Å². The number of rotatable bonds is 3. The lowest BCUT2D eigenvalue weighted by Crippen LogP contribution is -2.14. The van der Waals surface area contributed by atoms with Crippen LogP contribution in [0, 0.1) is 0 Å². The van der Waals surface area contributed by atoms with Crippen LogP contribution in [0.2, 0.25) is 0 Å². The Kier molecular flexibility index (Phi) is 3.97. The molecule has 0 unspecified atom stereocenters. The van der Waals surface area contributed by atoms with Crippen LogP contribution in [0.3, 0.4) is 0 Å². The van der Waals surface area contributed by atoms with E-state index in [1.807, 2.05) is 91.0 Å². The highest BCUT2D eigenvalue weighted by molar-refractivity contribution is 5.81. The highest BCUT2D eigenvalue weighted by Crippen LogP contribution is 2.29. The van der Waals surface area contributed by atoms with Crippen molar-refractivity contribution in [3.05, 3.63) is 101 Å². The summed E-state index contributed by atoms with van der Waals surface area (Å²) in [6.45, 7) is 0. The van der Waals surface area contributed by atoms with Crippen molar-refractivity contribution in [1.82, 2.24) is 9.97 Å². The third-order valence-corrected chi connectivity index (χ3v) is 4.08. The van der Waals surface area contributed by atoms with Crippen molar-refractivity contribution in [3.63, 3.8) is 0 Å². The fraction of sp³-hybridized carbons (Fsp3) is 0. The SMILES string of the molecule is O=c1[nH]c(-c2ccccc2)nc(-c2ccccc2)c1-c1ccccc1. The molecular weight excluding hydrogens is 308 g/mol. The molecule has 0 aliphatic carbocycles. The number of nitrogens with zero attached hydrogens (tertiary/aromatic N) is 1. The zero-order valence-electron chi connectivity index (χ0n) is 13.5. The van der Waals surface area contributed by atoms with E-state index in [4.69, 9.17) is 4.98 Å². The Morgan fingerprint density at radius 1 is 0.600 bits per heavy atom. The predicted molar refractivity (Wildman–Crippen MR) is 101 cm³/mol. The van der Waals surface area contributed by atoms with Gasteiger partial charge < -0.3 is 4.98 Å². The summed E-state index contributed by atoms with van der Waals surface area (Å²) in [5.41, 5.74) is 3.80. The summed E-state index contributed by atoms with van der Waals surface area (Å²) in [5, 5.41) is 0. The van der Waals surface area contributed by atoms with Crippen LogP contribution in [0.4, 0.5) is 0 Å². The molecular formula is C22H16N2O. The molecule has 3 heteroatoms. The van der Waals surface area contributed by atoms with Crippen molar-refractivity contribution in [1.29, 1.82) is 0 Å². The second kappa shape index (κ2) is 6.57. The summed E-state index contributed by atoms with van der Waals surface area (Å²) in [6.07, 6.45) is 0. The molecule has 120 valence electrons. The van der Waals surface area contributed by atoms with Gasteiger partial charge in [-0.05, 0) is 5.56 Å². The standard InChI is InChI=1S/C22H16N2O/c25-22-19(16-10-4-1-5-11-16)20(17-12-6-2-7-13-17)23-21(24-22)18-14-8-3-9-15-18/h1-15H,(H,23,24,25). The maximum Gasteiger partial charge on any atom is 0.259 e. The van der Waals surface area contributed by atoms with Crippen LogP contribution < -0.4 is 5.56 Å². The van der Waals surface area contributed by atoms with Crippen molar-refractivity contribution in [2.45, 2.75) is 0 Å². The highest BCUT2D eigenvalue weighted by atomic mass is 16.1. The second-order valence-corrected chi connectivity index (χ2v) is 5.74. The van der Waals surface area contributed by atoms with Gasteiger partial charge in [-0.15, -0.1) is 0 Å². The molecule has 4 rings (SSSR count). The highest BCUT2D eigenvalue weighted by Gasteiger charge is 2.15. The van der Waals surface area contributed by atoms with E-state index in [0.29, 0.717) is 17.1 Å². The lowest BCUT2D eigenvalue weighted by molar-refractivity contribution is 1.13. The summed E-state index contributed by atoms with van der Waals surface area (Å²) in [4.78, 5) is 20.6. The Morgan fingerprint density at radius 3 is 1.64 bits per heavy atom. The van der Waals surface area contributed by atoms with Gasteiger partial charge in [0.2, 0.25) is 0 Å². The summed E-state index contributed by atoms with van der Waals surface area (Å²) < 4.78 is 0. The van der Waals surface area contributed by atoms with Crippen LogP contribution in [-0.4, -0.2) is 9.97 Å². The molecule has 25 heavy (non-hydrogen) atoms. The monoisotopic (exact) mass is 324 g/mol. The molecule has 0 fully saturated rings. The summed E-state index contributed by atoms with van der Waals surface area (Å²) >= 11 is 0. The lowest BCUT2D eigenvalue weighted by atomic mass is 10.00. The minimum absolute atomic E-state index is 0.140. The van der Waals surface area contributed by atoms with Gasteiger partial charge in [0.05, 0.1) is 11.3 Å². The van der Waals surface area contributed by atoms with Crippen LogP contribution in [-0.2, 0) is 0 Å². The van der Waals surface area contributed by atoms with Gasteiger partial charge in [-0.1, -0.05) is 91.0 Å². The van der Waals surface area contributed by atoms with Gasteiger partial charge in [0.15, 0.2) is 0 Å². The summed E-state index contributed by atoms with van der Waals surface area (Å²) in [6, 6.07) is 29.2. The van der Waals surface area contributed by atoms with Crippen molar-refractivity contribution >= 4 is 0 Å². The first-order chi connectivity index (χ1) is 12.3. The number of nitrogens with one attached hydrogen (secondary N) is 1. The molecule has 0 aliphatic rings. The first-order valence-corrected chi connectivity index (χ1v) is 8.13. The zero-order chi connectivity index (χ0) is 17.1. The summed E-state index contributed by atoms with van der Waals surface area (Å²) in [5.74, 6) is 0.573. The van der Waals surface area contributed by atoms with Crippen LogP contribution in [0.1, 0.15) is 0 Å². The lowest BCUT2D eigenvalue weighted by Gasteiger charge is -2.11. The maximum absolute atomic E-state index is 12.9. The topological polar surface area (TPSA) is 45.8 Å². The third kappa shape index (κ3) is 3.00. The van der Waals surface area contributed by atoms with Crippen LogP contribution in [0.5, 0.6) is 0 Å². The van der Waals surface area contributed by atoms with E-state index in [-0.39, 0.29) is 5.56 Å². The minimum Gasteiger partial charge on any atom is -0.306 e. The van der Waals surface area contributed by atoms with E-state index >= 15 is 0 Å². The van der Waals surface area contributed by atoms with Crippen molar-refractivity contribution < 1.29 is 0 Å². The average Bonchev–Trinajstić information content (AvgIpc) is 2.69. The van der Waals surface area contributed by atoms with E-state index in [1.165, 1.54) is 0 Å². The van der Waals surface area contributed by atoms with Gasteiger partial charge in [-0.2, -0.15) is 0 Å². The van der Waals surface area contributed by atoms with Gasteiger partial charge in [0, 0.05) is 11.1 Å². The molecule has 0 bridgehead atoms. The molecule has 1 N–H and O–H groups in total. The van der Waals surface area contributed by atoms with Gasteiger partial charge in [0.25, 0.3) is 5.56 Å². The second-order valence-electron chi connectivity index (χ2n) is 5.74. The zero-order valence-corrected chi connectivity index (χ0v) is 13.5. The molecule has 0 atom stereocenters. The largest absolute Gasteiger partial charge is 0.306 e. The fourth-order valence-corrected chi connectivity index (χ4v) is 2.88. The van der Waals surface area contributed by atoms with Crippen LogP contribution >= 0.6 is 0 Å². The Hall–Kier alpha value is -3.46. The number of benzene rings is 3. The van der Waals surface area contributed by atoms with E-state index < -0.39 is 0 Å². The Balaban J connectivity index is 2.01. The van der Waals surface area contributed by atoms with Gasteiger partial charge in [0.1, 0.15) is 5.82 Å². The Morgan fingerprint density at radius 2 is 1.08 bits per heavy atom. The maximum atomic E-state index is 12.9. The van der Waals surface area contributed by atoms with E-state index in [2.05, 4.69) is 4.98 Å². The first-order valence-electron chi connectivity index (χ1n) is 8.13. The number of hydrogen-bond donors (Lipinski definition) is 1. The molecule has 1 heterocycles. The molecule has 0 amide bonds. The first kappa shape index (κ1) is 15.1. The predicted octanol–water partition coefficient (Wildman–Crippen LogP) is 4.77. The van der Waals surface area contributed by atoms with Crippen LogP contribution in [0.15, 0.2) is 95.8 Å². The normalized spacial score (nSPS) is 10.6. The Bertz CT molecular complexity index is 1040. The van der Waals surface area contributed by atoms with E-state index in [0.717, 1.165) is 16.7 Å². The molecule has 0 saturated carbocycles. The molecule has 1 aromatic heterocycles. The van der Waals surface area contributed by atoms with Gasteiger partial charge in [-0.3, -0.25) is 4.79 Å².